The molecule has 7 heteroatoms. The summed E-state index contributed by atoms with van der Waals surface area (Å²) in [7, 11) is 0. The zero-order valence-electron chi connectivity index (χ0n) is 11.4. The van der Waals surface area contributed by atoms with Crippen LogP contribution in [0, 0.1) is 0 Å². The summed E-state index contributed by atoms with van der Waals surface area (Å²) in [6.07, 6.45) is -0.597. The Morgan fingerprint density at radius 3 is 2.50 bits per heavy atom. The van der Waals surface area contributed by atoms with Crippen molar-refractivity contribution in [1.82, 2.24) is 0 Å². The van der Waals surface area contributed by atoms with Crippen LogP contribution in [0.3, 0.4) is 0 Å². The van der Waals surface area contributed by atoms with Gasteiger partial charge < -0.3 is 14.6 Å². The second kappa shape index (κ2) is 6.60. The van der Waals surface area contributed by atoms with Crippen molar-refractivity contribution in [3.05, 3.63) is 22.7 Å². The van der Waals surface area contributed by atoms with Crippen molar-refractivity contribution in [3.63, 3.8) is 0 Å². The van der Waals surface area contributed by atoms with Gasteiger partial charge in [0.2, 0.25) is 0 Å². The summed E-state index contributed by atoms with van der Waals surface area (Å²) in [5.41, 5.74) is -0.160. The fraction of sp³-hybridized carbons (Fsp3) is 0.385. The highest BCUT2D eigenvalue weighted by Crippen LogP contribution is 2.25. The molecular formula is C13H16BrNO5. The highest BCUT2D eigenvalue weighted by molar-refractivity contribution is 9.10. The number of aliphatic carboxylic acids is 1. The molecule has 0 aliphatic carbocycles. The Bertz CT molecular complexity index is 510. The van der Waals surface area contributed by atoms with Gasteiger partial charge in [0.05, 0.1) is 0 Å². The van der Waals surface area contributed by atoms with Gasteiger partial charge in [0.1, 0.15) is 11.4 Å². The fourth-order valence-electron chi connectivity index (χ4n) is 1.28. The van der Waals surface area contributed by atoms with Crippen LogP contribution in [0.1, 0.15) is 20.8 Å². The van der Waals surface area contributed by atoms with Crippen LogP contribution in [0.2, 0.25) is 0 Å². The Balaban J connectivity index is 2.75. The Labute approximate surface area is 125 Å². The molecule has 0 atom stereocenters. The molecule has 0 heterocycles. The van der Waals surface area contributed by atoms with Crippen LogP contribution in [0.4, 0.5) is 10.5 Å². The van der Waals surface area contributed by atoms with Gasteiger partial charge in [-0.15, -0.1) is 0 Å². The van der Waals surface area contributed by atoms with E-state index in [1.165, 1.54) is 6.07 Å². The predicted molar refractivity (Wildman–Crippen MR) is 77.1 cm³/mol. The maximum atomic E-state index is 11.6. The molecule has 1 amide bonds. The second-order valence-corrected chi connectivity index (χ2v) is 5.90. The number of carbonyl (C=O) groups is 2. The van der Waals surface area contributed by atoms with Gasteiger partial charge in [-0.2, -0.15) is 0 Å². The maximum Gasteiger partial charge on any atom is 0.412 e. The molecule has 0 radical (unpaired) electrons. The number of carbonyl (C=O) groups excluding carboxylic acids is 1. The van der Waals surface area contributed by atoms with Gasteiger partial charge >= 0.3 is 12.1 Å². The number of rotatable bonds is 4. The largest absolute Gasteiger partial charge is 0.482 e. The van der Waals surface area contributed by atoms with Crippen LogP contribution in [-0.2, 0) is 9.53 Å². The lowest BCUT2D eigenvalue weighted by Crippen LogP contribution is -2.27. The van der Waals surface area contributed by atoms with Gasteiger partial charge in [0, 0.05) is 16.2 Å². The third-order valence-electron chi connectivity index (χ3n) is 1.88. The lowest BCUT2D eigenvalue weighted by atomic mass is 10.2. The van der Waals surface area contributed by atoms with E-state index >= 15 is 0 Å². The minimum Gasteiger partial charge on any atom is -0.482 e. The zero-order chi connectivity index (χ0) is 15.3. The lowest BCUT2D eigenvalue weighted by molar-refractivity contribution is -0.139. The van der Waals surface area contributed by atoms with Gasteiger partial charge in [-0.1, -0.05) is 15.9 Å². The summed E-state index contributed by atoms with van der Waals surface area (Å²) in [4.78, 5) is 22.1. The van der Waals surface area contributed by atoms with Crippen molar-refractivity contribution in [2.24, 2.45) is 0 Å². The van der Waals surface area contributed by atoms with Gasteiger partial charge in [-0.25, -0.2) is 9.59 Å². The normalized spacial score (nSPS) is 10.8. The molecule has 6 nitrogen and oxygen atoms in total. The summed E-state index contributed by atoms with van der Waals surface area (Å²) in [6.45, 7) is 4.82. The number of hydrogen-bond acceptors (Lipinski definition) is 4. The smallest absolute Gasteiger partial charge is 0.412 e. The average Bonchev–Trinajstić information content (AvgIpc) is 2.22. The molecule has 0 saturated heterocycles. The number of benzene rings is 1. The molecule has 1 aromatic rings. The lowest BCUT2D eigenvalue weighted by Gasteiger charge is -2.19. The molecule has 0 unspecified atom stereocenters. The first-order valence-electron chi connectivity index (χ1n) is 5.81. The zero-order valence-corrected chi connectivity index (χ0v) is 13.0. The highest BCUT2D eigenvalue weighted by atomic mass is 79.9. The molecule has 0 spiro atoms. The molecule has 0 fully saturated rings. The van der Waals surface area contributed by atoms with E-state index in [4.69, 9.17) is 14.6 Å². The van der Waals surface area contributed by atoms with Crippen LogP contribution < -0.4 is 10.1 Å². The number of carboxylic acids is 1. The Hall–Kier alpha value is -1.76. The van der Waals surface area contributed by atoms with Crippen LogP contribution in [0.25, 0.3) is 0 Å². The van der Waals surface area contributed by atoms with E-state index in [2.05, 4.69) is 21.2 Å². The second-order valence-electron chi connectivity index (χ2n) is 4.98. The first-order chi connectivity index (χ1) is 9.15. The molecule has 20 heavy (non-hydrogen) atoms. The standard InChI is InChI=1S/C13H16BrNO5/c1-13(2,3)20-12(18)15-9-4-8(14)5-10(6-9)19-7-11(16)17/h4-6H,7H2,1-3H3,(H,15,18)(H,16,17). The quantitative estimate of drug-likeness (QED) is 0.874. The first-order valence-corrected chi connectivity index (χ1v) is 6.60. The van der Waals surface area contributed by atoms with E-state index in [0.29, 0.717) is 15.9 Å². The number of carboxylic acid groups (broad SMARTS) is 1. The van der Waals surface area contributed by atoms with Crippen LogP contribution in [0.15, 0.2) is 22.7 Å². The van der Waals surface area contributed by atoms with Crippen molar-refractivity contribution < 1.29 is 24.2 Å². The van der Waals surface area contributed by atoms with E-state index in [9.17, 15) is 9.59 Å². The van der Waals surface area contributed by atoms with E-state index in [1.54, 1.807) is 32.9 Å². The van der Waals surface area contributed by atoms with Gasteiger partial charge in [0.25, 0.3) is 0 Å². The Morgan fingerprint density at radius 1 is 1.30 bits per heavy atom. The molecule has 1 rings (SSSR count). The van der Waals surface area contributed by atoms with E-state index < -0.39 is 24.3 Å². The summed E-state index contributed by atoms with van der Waals surface area (Å²) in [5.74, 6) is -0.750. The third-order valence-corrected chi connectivity index (χ3v) is 2.34. The topological polar surface area (TPSA) is 84.9 Å². The van der Waals surface area contributed by atoms with Gasteiger partial charge in [0.15, 0.2) is 6.61 Å². The Kier molecular flexibility index (Phi) is 5.38. The van der Waals surface area contributed by atoms with Crippen molar-refractivity contribution in [1.29, 1.82) is 0 Å². The monoisotopic (exact) mass is 345 g/mol. The molecule has 110 valence electrons. The minimum atomic E-state index is -1.08. The summed E-state index contributed by atoms with van der Waals surface area (Å²) in [5, 5.41) is 11.1. The molecular weight excluding hydrogens is 330 g/mol. The Morgan fingerprint density at radius 2 is 1.95 bits per heavy atom. The van der Waals surface area contributed by atoms with Crippen LogP contribution in [0.5, 0.6) is 5.75 Å². The minimum absolute atomic E-state index is 0.327. The number of amides is 1. The molecule has 0 aliphatic rings. The summed E-state index contributed by atoms with van der Waals surface area (Å²) >= 11 is 3.25. The van der Waals surface area contributed by atoms with Crippen molar-refractivity contribution >= 4 is 33.7 Å². The summed E-state index contributed by atoms with van der Waals surface area (Å²) < 4.78 is 10.8. The number of anilines is 1. The van der Waals surface area contributed by atoms with E-state index in [1.807, 2.05) is 0 Å². The number of halogens is 1. The van der Waals surface area contributed by atoms with Crippen LogP contribution in [-0.4, -0.2) is 29.4 Å². The SMILES string of the molecule is CC(C)(C)OC(=O)Nc1cc(Br)cc(OCC(=O)O)c1. The predicted octanol–water partition coefficient (Wildman–Crippen LogP) is 3.26. The maximum absolute atomic E-state index is 11.6. The molecule has 0 saturated carbocycles. The fourth-order valence-corrected chi connectivity index (χ4v) is 1.76. The summed E-state index contributed by atoms with van der Waals surface area (Å²) in [6, 6.07) is 4.76. The first kappa shape index (κ1) is 16.3. The van der Waals surface area contributed by atoms with Gasteiger partial charge in [-0.3, -0.25) is 5.32 Å². The van der Waals surface area contributed by atoms with E-state index in [-0.39, 0.29) is 0 Å². The molecule has 0 bridgehead atoms. The van der Waals surface area contributed by atoms with Crippen molar-refractivity contribution in [2.45, 2.75) is 26.4 Å². The third kappa shape index (κ3) is 6.42. The molecule has 1 aromatic carbocycles. The van der Waals surface area contributed by atoms with Crippen LogP contribution >= 0.6 is 15.9 Å². The average molecular weight is 346 g/mol. The number of ether oxygens (including phenoxy) is 2. The van der Waals surface area contributed by atoms with Crippen molar-refractivity contribution in [2.75, 3.05) is 11.9 Å². The molecule has 0 aromatic heterocycles. The van der Waals surface area contributed by atoms with E-state index in [0.717, 1.165) is 0 Å². The van der Waals surface area contributed by atoms with Crippen molar-refractivity contribution in [3.8, 4) is 5.75 Å². The molecule has 0 aliphatic heterocycles. The van der Waals surface area contributed by atoms with Gasteiger partial charge in [-0.05, 0) is 32.9 Å². The highest BCUT2D eigenvalue weighted by Gasteiger charge is 2.16. The molecule has 2 N–H and O–H groups in total. The number of hydrogen-bond donors (Lipinski definition) is 2. The number of nitrogens with one attached hydrogen (secondary N) is 1.